The Kier molecular flexibility index (Phi) is 3.90. The number of nitrogens with zero attached hydrogens (tertiary/aromatic N) is 2. The summed E-state index contributed by atoms with van der Waals surface area (Å²) in [6, 6.07) is 8.51. The monoisotopic (exact) mass is 307 g/mol. The Morgan fingerprint density at radius 1 is 1.19 bits per heavy atom. The first-order chi connectivity index (χ1) is 9.79. The quantitative estimate of drug-likeness (QED) is 0.690. The molecule has 2 aromatic rings. The zero-order valence-corrected chi connectivity index (χ0v) is 12.2. The number of hydrogen-bond donors (Lipinski definition) is 1. The summed E-state index contributed by atoms with van der Waals surface area (Å²) in [7, 11) is -4.08. The van der Waals surface area contributed by atoms with E-state index in [1.807, 2.05) is 0 Å². The molecule has 1 heterocycles. The lowest BCUT2D eigenvalue weighted by Crippen LogP contribution is -2.15. The highest BCUT2D eigenvalue weighted by atomic mass is 32.2. The second-order valence-corrected chi connectivity index (χ2v) is 6.15. The molecule has 1 N–H and O–H groups in total. The Balaban J connectivity index is 2.46. The van der Waals surface area contributed by atoms with Crippen molar-refractivity contribution in [3.63, 3.8) is 0 Å². The van der Waals surface area contributed by atoms with Crippen LogP contribution in [0.5, 0.6) is 0 Å². The Labute approximate surface area is 121 Å². The van der Waals surface area contributed by atoms with Gasteiger partial charge in [-0.3, -0.25) is 14.8 Å². The van der Waals surface area contributed by atoms with Crippen LogP contribution in [-0.2, 0) is 10.0 Å². The van der Waals surface area contributed by atoms with Crippen molar-refractivity contribution < 1.29 is 13.3 Å². The minimum absolute atomic E-state index is 0.130. The zero-order valence-electron chi connectivity index (χ0n) is 11.4. The summed E-state index contributed by atoms with van der Waals surface area (Å²) < 4.78 is 26.9. The van der Waals surface area contributed by atoms with Crippen LogP contribution in [0, 0.1) is 24.0 Å². The number of nitrogens with one attached hydrogen (secondary N) is 1. The molecule has 1 aromatic heterocycles. The fraction of sp³-hybridized carbons (Fsp3) is 0.154. The third-order valence-corrected chi connectivity index (χ3v) is 4.09. The lowest BCUT2D eigenvalue weighted by atomic mass is 10.2. The normalized spacial score (nSPS) is 11.1. The van der Waals surface area contributed by atoms with Crippen molar-refractivity contribution >= 4 is 21.5 Å². The molecule has 1 aromatic carbocycles. The van der Waals surface area contributed by atoms with Gasteiger partial charge in [-0.2, -0.15) is 0 Å². The number of rotatable bonds is 4. The van der Waals surface area contributed by atoms with Crippen LogP contribution in [0.2, 0.25) is 0 Å². The summed E-state index contributed by atoms with van der Waals surface area (Å²) in [6.07, 6.45) is 0. The molecule has 0 aliphatic heterocycles. The van der Waals surface area contributed by atoms with Gasteiger partial charge in [0.2, 0.25) is 0 Å². The van der Waals surface area contributed by atoms with Gasteiger partial charge >= 0.3 is 0 Å². The molecule has 0 atom stereocenters. The number of aromatic nitrogens is 1. The molecule has 110 valence electrons. The van der Waals surface area contributed by atoms with Crippen molar-refractivity contribution in [2.75, 3.05) is 4.72 Å². The van der Waals surface area contributed by atoms with Crippen LogP contribution in [0.1, 0.15) is 11.3 Å². The summed E-state index contributed by atoms with van der Waals surface area (Å²) in [5, 5.41) is 10.9. The molecule has 7 nitrogen and oxygen atoms in total. The summed E-state index contributed by atoms with van der Waals surface area (Å²) in [5.74, 6) is 0.130. The SMILES string of the molecule is Cc1cc(C)nc(NS(=O)(=O)c2ccccc2[N+](=O)[O-])c1. The van der Waals surface area contributed by atoms with E-state index in [0.717, 1.165) is 11.6 Å². The molecule has 0 radical (unpaired) electrons. The molecule has 2 rings (SSSR count). The molecule has 0 saturated carbocycles. The van der Waals surface area contributed by atoms with Gasteiger partial charge < -0.3 is 0 Å². The number of pyridine rings is 1. The van der Waals surface area contributed by atoms with Gasteiger partial charge in [0.15, 0.2) is 4.90 Å². The van der Waals surface area contributed by atoms with Gasteiger partial charge in [0.05, 0.1) is 4.92 Å². The topological polar surface area (TPSA) is 102 Å². The van der Waals surface area contributed by atoms with E-state index in [-0.39, 0.29) is 5.82 Å². The van der Waals surface area contributed by atoms with Crippen molar-refractivity contribution in [2.45, 2.75) is 18.7 Å². The van der Waals surface area contributed by atoms with Gasteiger partial charge in [-0.1, -0.05) is 12.1 Å². The Morgan fingerprint density at radius 3 is 2.48 bits per heavy atom. The van der Waals surface area contributed by atoms with E-state index >= 15 is 0 Å². The minimum Gasteiger partial charge on any atom is -0.263 e. The highest BCUT2D eigenvalue weighted by molar-refractivity contribution is 7.92. The molecular weight excluding hydrogens is 294 g/mol. The molecule has 0 aliphatic rings. The van der Waals surface area contributed by atoms with Crippen LogP contribution in [0.25, 0.3) is 0 Å². The average Bonchev–Trinajstić information content (AvgIpc) is 2.36. The van der Waals surface area contributed by atoms with Crippen LogP contribution in [0.4, 0.5) is 11.5 Å². The molecule has 0 bridgehead atoms. The Bertz CT molecular complexity index is 783. The van der Waals surface area contributed by atoms with Gasteiger partial charge in [-0.25, -0.2) is 13.4 Å². The van der Waals surface area contributed by atoms with Crippen LogP contribution in [0.15, 0.2) is 41.3 Å². The number of anilines is 1. The van der Waals surface area contributed by atoms with E-state index < -0.39 is 25.5 Å². The zero-order chi connectivity index (χ0) is 15.6. The van der Waals surface area contributed by atoms with E-state index in [1.54, 1.807) is 26.0 Å². The number of benzene rings is 1. The standard InChI is InChI=1S/C13H13N3O4S/c1-9-7-10(2)14-13(8-9)15-21(19,20)12-6-4-3-5-11(12)16(17)18/h3-8H,1-2H3,(H,14,15). The molecule has 0 spiro atoms. The van der Waals surface area contributed by atoms with Crippen molar-refractivity contribution in [3.05, 3.63) is 57.8 Å². The fourth-order valence-corrected chi connectivity index (χ4v) is 3.09. The van der Waals surface area contributed by atoms with Gasteiger partial charge in [0, 0.05) is 11.8 Å². The van der Waals surface area contributed by atoms with Gasteiger partial charge in [0.25, 0.3) is 15.7 Å². The first-order valence-electron chi connectivity index (χ1n) is 6.01. The lowest BCUT2D eigenvalue weighted by molar-refractivity contribution is -0.387. The van der Waals surface area contributed by atoms with Crippen LogP contribution >= 0.6 is 0 Å². The smallest absolute Gasteiger partial charge is 0.263 e. The molecule has 21 heavy (non-hydrogen) atoms. The maximum absolute atomic E-state index is 12.3. The molecule has 8 heteroatoms. The largest absolute Gasteiger partial charge is 0.289 e. The van der Waals surface area contributed by atoms with Crippen molar-refractivity contribution in [3.8, 4) is 0 Å². The molecule has 0 unspecified atom stereocenters. The van der Waals surface area contributed by atoms with E-state index in [9.17, 15) is 18.5 Å². The number of para-hydroxylation sites is 1. The maximum Gasteiger partial charge on any atom is 0.289 e. The first-order valence-corrected chi connectivity index (χ1v) is 7.49. The Hall–Kier alpha value is -2.48. The molecule has 0 amide bonds. The van der Waals surface area contributed by atoms with E-state index in [4.69, 9.17) is 0 Å². The lowest BCUT2D eigenvalue weighted by Gasteiger charge is -2.09. The predicted molar refractivity (Wildman–Crippen MR) is 77.6 cm³/mol. The van der Waals surface area contributed by atoms with Crippen molar-refractivity contribution in [1.82, 2.24) is 4.98 Å². The predicted octanol–water partition coefficient (Wildman–Crippen LogP) is 2.41. The van der Waals surface area contributed by atoms with E-state index in [1.165, 1.54) is 18.2 Å². The number of sulfonamides is 1. The third kappa shape index (κ3) is 3.34. The summed E-state index contributed by atoms with van der Waals surface area (Å²) in [6.45, 7) is 3.53. The molecular formula is C13H13N3O4S. The third-order valence-electron chi connectivity index (χ3n) is 2.69. The fourth-order valence-electron chi connectivity index (χ4n) is 1.92. The number of nitro benzene ring substituents is 1. The number of nitro groups is 1. The van der Waals surface area contributed by atoms with E-state index in [2.05, 4.69) is 9.71 Å². The van der Waals surface area contributed by atoms with Crippen LogP contribution in [0.3, 0.4) is 0 Å². The number of aryl methyl sites for hydroxylation is 2. The van der Waals surface area contributed by atoms with Crippen LogP contribution < -0.4 is 4.72 Å². The molecule has 0 saturated heterocycles. The molecule has 0 fully saturated rings. The van der Waals surface area contributed by atoms with Gasteiger partial charge in [-0.05, 0) is 37.6 Å². The average molecular weight is 307 g/mol. The highest BCUT2D eigenvalue weighted by Gasteiger charge is 2.25. The summed E-state index contributed by atoms with van der Waals surface area (Å²) in [5.41, 5.74) is 1.01. The van der Waals surface area contributed by atoms with E-state index in [0.29, 0.717) is 5.69 Å². The van der Waals surface area contributed by atoms with Crippen molar-refractivity contribution in [1.29, 1.82) is 0 Å². The summed E-state index contributed by atoms with van der Waals surface area (Å²) in [4.78, 5) is 13.9. The maximum atomic E-state index is 12.3. The molecule has 0 aliphatic carbocycles. The Morgan fingerprint density at radius 2 is 1.86 bits per heavy atom. The van der Waals surface area contributed by atoms with Crippen LogP contribution in [-0.4, -0.2) is 18.3 Å². The first kappa shape index (κ1) is 14.9. The minimum atomic E-state index is -4.08. The second kappa shape index (κ2) is 5.49. The second-order valence-electron chi connectivity index (χ2n) is 4.50. The summed E-state index contributed by atoms with van der Waals surface area (Å²) >= 11 is 0. The van der Waals surface area contributed by atoms with Gasteiger partial charge in [0.1, 0.15) is 5.82 Å². The van der Waals surface area contributed by atoms with Gasteiger partial charge in [-0.15, -0.1) is 0 Å². The van der Waals surface area contributed by atoms with Crippen molar-refractivity contribution in [2.24, 2.45) is 0 Å². The number of hydrogen-bond acceptors (Lipinski definition) is 5. The highest BCUT2D eigenvalue weighted by Crippen LogP contribution is 2.25.